The highest BCUT2D eigenvalue weighted by molar-refractivity contribution is 7.90. The fourth-order valence-electron chi connectivity index (χ4n) is 3.67. The summed E-state index contributed by atoms with van der Waals surface area (Å²) in [4.78, 5) is 18.4. The summed E-state index contributed by atoms with van der Waals surface area (Å²) >= 11 is 0. The molecule has 3 aliphatic rings. The van der Waals surface area contributed by atoms with Crippen molar-refractivity contribution in [3.63, 3.8) is 0 Å². The van der Waals surface area contributed by atoms with E-state index < -0.39 is 21.3 Å². The predicted octanol–water partition coefficient (Wildman–Crippen LogP) is 1.41. The van der Waals surface area contributed by atoms with Crippen LogP contribution in [0, 0.1) is 0 Å². The monoisotopic (exact) mass is 413 g/mol. The normalized spacial score (nSPS) is 24.1. The quantitative estimate of drug-likeness (QED) is 0.731. The summed E-state index contributed by atoms with van der Waals surface area (Å²) in [6, 6.07) is 8.74. The minimum atomic E-state index is -3.57. The molecule has 8 heteroatoms. The van der Waals surface area contributed by atoms with Crippen LogP contribution >= 0.6 is 0 Å². The Bertz CT molecular complexity index is 974. The van der Waals surface area contributed by atoms with Crippen molar-refractivity contribution in [2.24, 2.45) is 4.99 Å². The van der Waals surface area contributed by atoms with Gasteiger partial charge in [0.15, 0.2) is 6.61 Å². The van der Waals surface area contributed by atoms with Crippen molar-refractivity contribution in [2.45, 2.75) is 11.3 Å². The number of aliphatic imine (C=N–C) groups is 1. The fourth-order valence-corrected chi connectivity index (χ4v) is 5.53. The van der Waals surface area contributed by atoms with E-state index in [0.717, 1.165) is 5.57 Å². The first kappa shape index (κ1) is 19.6. The molecule has 1 aliphatic carbocycles. The Hall–Kier alpha value is -2.71. The third-order valence-electron chi connectivity index (χ3n) is 5.26. The van der Waals surface area contributed by atoms with E-state index in [9.17, 15) is 13.2 Å². The number of rotatable bonds is 5. The minimum Gasteiger partial charge on any atom is -0.484 e. The van der Waals surface area contributed by atoms with Crippen LogP contribution in [0.4, 0.5) is 0 Å². The first-order valence-corrected chi connectivity index (χ1v) is 11.1. The second kappa shape index (κ2) is 8.34. The van der Waals surface area contributed by atoms with Gasteiger partial charge < -0.3 is 9.64 Å². The van der Waals surface area contributed by atoms with Crippen molar-refractivity contribution in [3.05, 3.63) is 66.3 Å². The second-order valence-electron chi connectivity index (χ2n) is 7.04. The molecule has 2 aliphatic heterocycles. The fraction of sp³-hybridized carbons (Fsp3) is 0.333. The van der Waals surface area contributed by atoms with Gasteiger partial charge in [0.2, 0.25) is 10.0 Å². The Balaban J connectivity index is 1.34. The molecule has 0 N–H and O–H groups in total. The zero-order valence-corrected chi connectivity index (χ0v) is 16.7. The first-order chi connectivity index (χ1) is 14.1. The number of hydrogen-bond donors (Lipinski definition) is 0. The number of nitrogens with zero attached hydrogens (tertiary/aromatic N) is 3. The zero-order chi connectivity index (χ0) is 20.3. The average molecular weight is 413 g/mol. The van der Waals surface area contributed by atoms with Crippen molar-refractivity contribution < 1.29 is 17.9 Å². The standard InChI is InChI=1S/C21H23N3O4S/c25-20(16-28-18-8-2-1-3-9-18)23-12-14-24(15-13-23)29(26,27)19-10-4-6-17-7-5-11-22-21(17)19/h1-11,19,21H,12-16H2. The topological polar surface area (TPSA) is 79.3 Å². The Labute approximate surface area is 170 Å². The number of carbonyl (C=O) groups excluding carboxylic acids is 1. The Morgan fingerprint density at radius 2 is 1.86 bits per heavy atom. The summed E-state index contributed by atoms with van der Waals surface area (Å²) in [6.45, 7) is 1.19. The molecular weight excluding hydrogens is 390 g/mol. The third kappa shape index (κ3) is 4.18. The Kier molecular flexibility index (Phi) is 5.64. The maximum atomic E-state index is 13.2. The van der Waals surface area contributed by atoms with Gasteiger partial charge in [-0.2, -0.15) is 4.31 Å². The summed E-state index contributed by atoms with van der Waals surface area (Å²) in [5.74, 6) is 0.493. The number of piperazine rings is 1. The smallest absolute Gasteiger partial charge is 0.260 e. The van der Waals surface area contributed by atoms with Gasteiger partial charge in [-0.1, -0.05) is 42.5 Å². The van der Waals surface area contributed by atoms with Crippen LogP contribution in [-0.4, -0.2) is 73.8 Å². The van der Waals surface area contributed by atoms with E-state index in [1.165, 1.54) is 4.31 Å². The molecule has 0 saturated carbocycles. The number of para-hydroxylation sites is 1. The maximum absolute atomic E-state index is 13.2. The number of allylic oxidation sites excluding steroid dienone is 3. The lowest BCUT2D eigenvalue weighted by Gasteiger charge is -2.37. The van der Waals surface area contributed by atoms with Crippen molar-refractivity contribution in [1.29, 1.82) is 0 Å². The van der Waals surface area contributed by atoms with E-state index in [-0.39, 0.29) is 25.6 Å². The van der Waals surface area contributed by atoms with Gasteiger partial charge in [0.1, 0.15) is 11.0 Å². The van der Waals surface area contributed by atoms with Crippen LogP contribution in [0.25, 0.3) is 0 Å². The number of sulfonamides is 1. The lowest BCUT2D eigenvalue weighted by Crippen LogP contribution is -2.54. The number of carbonyl (C=O) groups is 1. The number of fused-ring (bicyclic) bond motifs is 1. The van der Waals surface area contributed by atoms with Crippen molar-refractivity contribution in [3.8, 4) is 5.75 Å². The van der Waals surface area contributed by atoms with Crippen molar-refractivity contribution in [2.75, 3.05) is 32.8 Å². The number of hydrogen-bond acceptors (Lipinski definition) is 5. The van der Waals surface area contributed by atoms with Gasteiger partial charge in [0.05, 0.1) is 6.04 Å². The van der Waals surface area contributed by atoms with E-state index in [4.69, 9.17) is 4.74 Å². The lowest BCUT2D eigenvalue weighted by atomic mass is 9.97. The van der Waals surface area contributed by atoms with E-state index in [1.807, 2.05) is 36.4 Å². The minimum absolute atomic E-state index is 0.0561. The first-order valence-electron chi connectivity index (χ1n) is 9.58. The van der Waals surface area contributed by atoms with Gasteiger partial charge in [-0.05, 0) is 23.8 Å². The number of ether oxygens (including phenoxy) is 1. The van der Waals surface area contributed by atoms with Crippen LogP contribution in [0.5, 0.6) is 5.75 Å². The summed E-state index contributed by atoms with van der Waals surface area (Å²) in [6.07, 6.45) is 10.7. The highest BCUT2D eigenvalue weighted by Crippen LogP contribution is 2.28. The molecule has 29 heavy (non-hydrogen) atoms. The molecule has 4 rings (SSSR count). The molecule has 0 aromatic heterocycles. The molecule has 2 unspecified atom stereocenters. The molecule has 7 nitrogen and oxygen atoms in total. The Morgan fingerprint density at radius 3 is 2.62 bits per heavy atom. The molecule has 2 atom stereocenters. The summed E-state index contributed by atoms with van der Waals surface area (Å²) in [5, 5.41) is -0.715. The maximum Gasteiger partial charge on any atom is 0.260 e. The molecule has 0 bridgehead atoms. The SMILES string of the molecule is O=C(COc1ccccc1)N1CCN(S(=O)(=O)C2C=CC=C3C=CC=NC32)CC1. The van der Waals surface area contributed by atoms with E-state index >= 15 is 0 Å². The summed E-state index contributed by atoms with van der Waals surface area (Å²) in [7, 11) is -3.57. The second-order valence-corrected chi connectivity index (χ2v) is 9.14. The van der Waals surface area contributed by atoms with Gasteiger partial charge in [0.25, 0.3) is 5.91 Å². The summed E-state index contributed by atoms with van der Waals surface area (Å²) in [5.41, 5.74) is 0.899. The van der Waals surface area contributed by atoms with Crippen molar-refractivity contribution in [1.82, 2.24) is 9.21 Å². The molecule has 1 amide bonds. The highest BCUT2D eigenvalue weighted by Gasteiger charge is 2.40. The lowest BCUT2D eigenvalue weighted by molar-refractivity contribution is -0.134. The molecule has 1 saturated heterocycles. The predicted molar refractivity (Wildman–Crippen MR) is 111 cm³/mol. The zero-order valence-electron chi connectivity index (χ0n) is 15.9. The molecule has 1 aromatic rings. The van der Waals surface area contributed by atoms with Gasteiger partial charge in [-0.3, -0.25) is 9.79 Å². The van der Waals surface area contributed by atoms with Gasteiger partial charge in [-0.25, -0.2) is 8.42 Å². The van der Waals surface area contributed by atoms with E-state index in [1.54, 1.807) is 35.4 Å². The molecule has 2 heterocycles. The average Bonchev–Trinajstić information content (AvgIpc) is 2.78. The molecule has 1 aromatic carbocycles. The van der Waals surface area contributed by atoms with Crippen LogP contribution in [0.15, 0.2) is 71.3 Å². The highest BCUT2D eigenvalue weighted by atomic mass is 32.2. The molecule has 0 spiro atoms. The third-order valence-corrected chi connectivity index (χ3v) is 7.45. The number of amides is 1. The largest absolute Gasteiger partial charge is 0.484 e. The Morgan fingerprint density at radius 1 is 1.10 bits per heavy atom. The summed E-state index contributed by atoms with van der Waals surface area (Å²) < 4.78 is 33.4. The molecule has 0 radical (unpaired) electrons. The van der Waals surface area contributed by atoms with Crippen LogP contribution in [0.1, 0.15) is 0 Å². The van der Waals surface area contributed by atoms with Crippen LogP contribution in [-0.2, 0) is 14.8 Å². The van der Waals surface area contributed by atoms with Crippen LogP contribution < -0.4 is 4.74 Å². The molecular formula is C21H23N3O4S. The van der Waals surface area contributed by atoms with Gasteiger partial charge in [-0.15, -0.1) is 0 Å². The molecule has 1 fully saturated rings. The van der Waals surface area contributed by atoms with E-state index in [0.29, 0.717) is 18.8 Å². The molecule has 152 valence electrons. The van der Waals surface area contributed by atoms with Gasteiger partial charge >= 0.3 is 0 Å². The van der Waals surface area contributed by atoms with E-state index in [2.05, 4.69) is 4.99 Å². The van der Waals surface area contributed by atoms with Crippen molar-refractivity contribution >= 4 is 22.1 Å². The number of benzene rings is 1. The van der Waals surface area contributed by atoms with Crippen LogP contribution in [0.3, 0.4) is 0 Å². The van der Waals surface area contributed by atoms with Crippen LogP contribution in [0.2, 0.25) is 0 Å². The van der Waals surface area contributed by atoms with Gasteiger partial charge in [0, 0.05) is 32.4 Å². The number of dihydropyridines is 1.